The average Bonchev–Trinajstić information content (AvgIpc) is 2.08. The van der Waals surface area contributed by atoms with Crippen LogP contribution >= 0.6 is 11.3 Å². The van der Waals surface area contributed by atoms with Gasteiger partial charge in [0.15, 0.2) is 0 Å². The maximum Gasteiger partial charge on any atom is 0.235 e. The fourth-order valence-corrected chi connectivity index (χ4v) is 2.14. The van der Waals surface area contributed by atoms with E-state index in [-0.39, 0.29) is 4.74 Å². The van der Waals surface area contributed by atoms with E-state index in [1.54, 1.807) is 0 Å². The third-order valence-corrected chi connectivity index (χ3v) is 3.16. The first-order valence-electron chi connectivity index (χ1n) is 4.18. The van der Waals surface area contributed by atoms with E-state index in [9.17, 15) is 4.79 Å². The van der Waals surface area contributed by atoms with Crippen molar-refractivity contribution in [2.45, 2.75) is 13.8 Å². The molecule has 0 fully saturated rings. The molecule has 1 heterocycles. The predicted octanol–water partition coefficient (Wildman–Crippen LogP) is 2.88. The molecule has 0 unspecified atom stereocenters. The molecule has 0 saturated carbocycles. The van der Waals surface area contributed by atoms with E-state index in [0.717, 1.165) is 10.3 Å². The normalized spacial score (nSPS) is 10.6. The Balaban J connectivity index is 2.89. The molecule has 0 bridgehead atoms. The van der Waals surface area contributed by atoms with Gasteiger partial charge in [0.1, 0.15) is 0 Å². The molecular weight excluding hydrogens is 180 g/mol. The van der Waals surface area contributed by atoms with Crippen LogP contribution in [-0.4, -0.2) is 0 Å². The molecule has 66 valence electrons. The van der Waals surface area contributed by atoms with E-state index in [1.807, 2.05) is 25.1 Å². The molecule has 0 radical (unpaired) electrons. The fourth-order valence-electron chi connectivity index (χ4n) is 1.35. The van der Waals surface area contributed by atoms with Gasteiger partial charge in [-0.15, -0.1) is 0 Å². The molecule has 0 saturated heterocycles. The molecule has 13 heavy (non-hydrogen) atoms. The van der Waals surface area contributed by atoms with Crippen LogP contribution in [0.15, 0.2) is 29.1 Å². The first-order chi connectivity index (χ1) is 6.16. The second-order valence-electron chi connectivity index (χ2n) is 3.26. The molecule has 2 rings (SSSR count). The molecular formula is C11H10OS. The van der Waals surface area contributed by atoms with Crippen molar-refractivity contribution in [3.63, 3.8) is 0 Å². The molecule has 0 aliphatic rings. The molecule has 0 amide bonds. The van der Waals surface area contributed by atoms with E-state index in [2.05, 4.69) is 13.0 Å². The van der Waals surface area contributed by atoms with Gasteiger partial charge >= 0.3 is 0 Å². The summed E-state index contributed by atoms with van der Waals surface area (Å²) in [6.07, 6.45) is 0. The van der Waals surface area contributed by atoms with Gasteiger partial charge in [0.25, 0.3) is 0 Å². The Morgan fingerprint density at radius 1 is 1.15 bits per heavy atom. The Morgan fingerprint density at radius 3 is 2.69 bits per heavy atom. The van der Waals surface area contributed by atoms with Crippen LogP contribution in [0.3, 0.4) is 0 Å². The third-order valence-electron chi connectivity index (χ3n) is 2.06. The molecule has 0 atom stereocenters. The molecule has 2 aromatic rings. The summed E-state index contributed by atoms with van der Waals surface area (Å²) >= 11 is 1.32. The number of aryl methyl sites for hydroxylation is 2. The Hall–Kier alpha value is -1.15. The molecule has 0 aliphatic heterocycles. The monoisotopic (exact) mass is 190 g/mol. The summed E-state index contributed by atoms with van der Waals surface area (Å²) in [4.78, 5) is 11.3. The van der Waals surface area contributed by atoms with E-state index in [4.69, 9.17) is 0 Å². The number of hydrogen-bond donors (Lipinski definition) is 0. The minimum absolute atomic E-state index is 0.163. The van der Waals surface area contributed by atoms with Crippen LogP contribution in [0.4, 0.5) is 0 Å². The standard InChI is InChI=1S/C11H10OS/c1-7-3-4-10-9(5-7)6-8(2)11(12)13-10/h3-6H,1-2H3. The molecule has 0 aliphatic carbocycles. The summed E-state index contributed by atoms with van der Waals surface area (Å²) in [5, 5.41) is 1.17. The fraction of sp³-hybridized carbons (Fsp3) is 0.182. The predicted molar refractivity (Wildman–Crippen MR) is 57.6 cm³/mol. The number of rotatable bonds is 0. The molecule has 2 heteroatoms. The van der Waals surface area contributed by atoms with Crippen molar-refractivity contribution in [3.05, 3.63) is 44.9 Å². The lowest BCUT2D eigenvalue weighted by molar-refractivity contribution is 1.47. The van der Waals surface area contributed by atoms with Crippen LogP contribution in [-0.2, 0) is 0 Å². The Kier molecular flexibility index (Phi) is 1.93. The van der Waals surface area contributed by atoms with Gasteiger partial charge in [-0.3, -0.25) is 4.79 Å². The van der Waals surface area contributed by atoms with Crippen LogP contribution in [0.2, 0.25) is 0 Å². The van der Waals surface area contributed by atoms with Crippen LogP contribution < -0.4 is 4.74 Å². The zero-order valence-electron chi connectivity index (χ0n) is 7.63. The highest BCUT2D eigenvalue weighted by atomic mass is 32.1. The Morgan fingerprint density at radius 2 is 1.92 bits per heavy atom. The van der Waals surface area contributed by atoms with Gasteiger partial charge < -0.3 is 0 Å². The van der Waals surface area contributed by atoms with Crippen molar-refractivity contribution in [1.82, 2.24) is 0 Å². The first kappa shape index (κ1) is 8.45. The SMILES string of the molecule is Cc1ccc2sc(=O)c(C)cc2c1. The second kappa shape index (κ2) is 2.96. The van der Waals surface area contributed by atoms with Gasteiger partial charge in [0, 0.05) is 10.3 Å². The van der Waals surface area contributed by atoms with Gasteiger partial charge in [0.2, 0.25) is 4.74 Å². The highest BCUT2D eigenvalue weighted by Gasteiger charge is 1.98. The van der Waals surface area contributed by atoms with Gasteiger partial charge in [-0.25, -0.2) is 0 Å². The lowest BCUT2D eigenvalue weighted by atomic mass is 10.1. The average molecular weight is 190 g/mol. The van der Waals surface area contributed by atoms with E-state index in [1.165, 1.54) is 22.3 Å². The maximum atomic E-state index is 11.3. The lowest BCUT2D eigenvalue weighted by Gasteiger charge is -1.98. The largest absolute Gasteiger partial charge is 0.278 e. The summed E-state index contributed by atoms with van der Waals surface area (Å²) < 4.78 is 1.23. The van der Waals surface area contributed by atoms with Gasteiger partial charge in [-0.05, 0) is 31.4 Å². The number of fused-ring (bicyclic) bond motifs is 1. The Bertz CT molecular complexity index is 511. The van der Waals surface area contributed by atoms with Crippen molar-refractivity contribution in [3.8, 4) is 0 Å². The maximum absolute atomic E-state index is 11.3. The quantitative estimate of drug-likeness (QED) is 0.624. The van der Waals surface area contributed by atoms with Gasteiger partial charge in [-0.1, -0.05) is 29.0 Å². The van der Waals surface area contributed by atoms with Crippen LogP contribution in [0.25, 0.3) is 10.1 Å². The summed E-state index contributed by atoms with van der Waals surface area (Å²) in [5.74, 6) is 0. The van der Waals surface area contributed by atoms with Crippen molar-refractivity contribution in [2.75, 3.05) is 0 Å². The molecule has 0 N–H and O–H groups in total. The van der Waals surface area contributed by atoms with Crippen molar-refractivity contribution < 1.29 is 0 Å². The van der Waals surface area contributed by atoms with Gasteiger partial charge in [0.05, 0.1) is 0 Å². The summed E-state index contributed by atoms with van der Waals surface area (Å²) in [6.45, 7) is 3.92. The lowest BCUT2D eigenvalue weighted by Crippen LogP contribution is -1.97. The Labute approximate surface area is 80.7 Å². The molecule has 0 spiro atoms. The summed E-state index contributed by atoms with van der Waals surface area (Å²) in [5.41, 5.74) is 2.07. The van der Waals surface area contributed by atoms with Crippen molar-refractivity contribution >= 4 is 21.4 Å². The molecule has 1 nitrogen and oxygen atoms in total. The summed E-state index contributed by atoms with van der Waals surface area (Å²) in [7, 11) is 0. The number of hydrogen-bond acceptors (Lipinski definition) is 2. The molecule has 1 aromatic carbocycles. The van der Waals surface area contributed by atoms with Gasteiger partial charge in [-0.2, -0.15) is 0 Å². The highest BCUT2D eigenvalue weighted by molar-refractivity contribution is 7.16. The first-order valence-corrected chi connectivity index (χ1v) is 4.99. The minimum atomic E-state index is 0.163. The third kappa shape index (κ3) is 1.49. The van der Waals surface area contributed by atoms with Crippen LogP contribution in [0, 0.1) is 13.8 Å². The van der Waals surface area contributed by atoms with E-state index in [0.29, 0.717) is 0 Å². The van der Waals surface area contributed by atoms with Crippen LogP contribution in [0.1, 0.15) is 11.1 Å². The zero-order valence-corrected chi connectivity index (χ0v) is 8.44. The van der Waals surface area contributed by atoms with Crippen molar-refractivity contribution in [2.24, 2.45) is 0 Å². The highest BCUT2D eigenvalue weighted by Crippen LogP contribution is 2.18. The minimum Gasteiger partial charge on any atom is -0.278 e. The van der Waals surface area contributed by atoms with Crippen LogP contribution in [0.5, 0.6) is 0 Å². The second-order valence-corrected chi connectivity index (χ2v) is 4.27. The smallest absolute Gasteiger partial charge is 0.235 e. The molecule has 1 aromatic heterocycles. The van der Waals surface area contributed by atoms with E-state index < -0.39 is 0 Å². The van der Waals surface area contributed by atoms with Crippen molar-refractivity contribution in [1.29, 1.82) is 0 Å². The topological polar surface area (TPSA) is 17.1 Å². The zero-order chi connectivity index (χ0) is 9.42. The summed E-state index contributed by atoms with van der Waals surface area (Å²) in [6, 6.07) is 8.11. The van der Waals surface area contributed by atoms with E-state index >= 15 is 0 Å². The number of benzene rings is 1.